The number of pyridine rings is 1. The normalized spacial score (nSPS) is 19.0. The average Bonchev–Trinajstić information content (AvgIpc) is 2.74. The van der Waals surface area contributed by atoms with Crippen molar-refractivity contribution >= 4 is 0 Å². The van der Waals surface area contributed by atoms with E-state index in [0.717, 1.165) is 19.0 Å². The highest BCUT2D eigenvalue weighted by Crippen LogP contribution is 2.34. The van der Waals surface area contributed by atoms with Crippen LogP contribution in [0.2, 0.25) is 0 Å². The molecule has 1 atom stereocenters. The molecule has 1 aliphatic rings. The third kappa shape index (κ3) is 4.61. The van der Waals surface area contributed by atoms with Crippen molar-refractivity contribution in [3.63, 3.8) is 0 Å². The topological polar surface area (TPSA) is 24.9 Å². The van der Waals surface area contributed by atoms with E-state index in [9.17, 15) is 0 Å². The van der Waals surface area contributed by atoms with Crippen LogP contribution in [0.5, 0.6) is 0 Å². The predicted molar refractivity (Wildman–Crippen MR) is 81.3 cm³/mol. The van der Waals surface area contributed by atoms with Crippen molar-refractivity contribution in [1.82, 2.24) is 10.3 Å². The number of rotatable bonds is 6. The summed E-state index contributed by atoms with van der Waals surface area (Å²) in [5.41, 5.74) is 1.43. The monoisotopic (exact) mass is 260 g/mol. The van der Waals surface area contributed by atoms with Crippen LogP contribution in [0.4, 0.5) is 0 Å². The van der Waals surface area contributed by atoms with Gasteiger partial charge in [-0.15, -0.1) is 0 Å². The summed E-state index contributed by atoms with van der Waals surface area (Å²) in [7, 11) is 0. The predicted octanol–water partition coefficient (Wildman–Crippen LogP) is 4.14. The third-order valence-electron chi connectivity index (χ3n) is 4.37. The first-order valence-electron chi connectivity index (χ1n) is 8.02. The lowest BCUT2D eigenvalue weighted by Crippen LogP contribution is -2.27. The summed E-state index contributed by atoms with van der Waals surface area (Å²) in [6, 6.07) is 4.34. The Kier molecular flexibility index (Phi) is 6.35. The second kappa shape index (κ2) is 8.31. The maximum atomic E-state index is 4.32. The van der Waals surface area contributed by atoms with Gasteiger partial charge in [0.25, 0.3) is 0 Å². The SMILES string of the molecule is CCCNCC(c1cccnc1)C1CCCCCC1. The van der Waals surface area contributed by atoms with Gasteiger partial charge in [-0.3, -0.25) is 4.98 Å². The van der Waals surface area contributed by atoms with E-state index in [1.54, 1.807) is 0 Å². The number of hydrogen-bond donors (Lipinski definition) is 1. The summed E-state index contributed by atoms with van der Waals surface area (Å²) in [6.07, 6.45) is 13.6. The van der Waals surface area contributed by atoms with Gasteiger partial charge in [0, 0.05) is 24.9 Å². The van der Waals surface area contributed by atoms with Gasteiger partial charge in [-0.05, 0) is 43.4 Å². The Balaban J connectivity index is 2.04. The molecule has 2 nitrogen and oxygen atoms in total. The van der Waals surface area contributed by atoms with Crippen molar-refractivity contribution in [1.29, 1.82) is 0 Å². The second-order valence-electron chi connectivity index (χ2n) is 5.85. The van der Waals surface area contributed by atoms with Crippen LogP contribution in [0, 0.1) is 5.92 Å². The lowest BCUT2D eigenvalue weighted by Gasteiger charge is -2.27. The molecule has 0 amide bonds. The molecule has 0 radical (unpaired) electrons. The van der Waals surface area contributed by atoms with Crippen molar-refractivity contribution in [2.24, 2.45) is 5.92 Å². The van der Waals surface area contributed by atoms with Crippen LogP contribution in [-0.2, 0) is 0 Å². The zero-order valence-corrected chi connectivity index (χ0v) is 12.3. The van der Waals surface area contributed by atoms with Crippen molar-refractivity contribution in [2.45, 2.75) is 57.8 Å². The highest BCUT2D eigenvalue weighted by Gasteiger charge is 2.23. The first-order valence-corrected chi connectivity index (χ1v) is 8.02. The molecule has 0 aromatic carbocycles. The molecular formula is C17H28N2. The molecule has 0 bridgehead atoms. The van der Waals surface area contributed by atoms with Crippen LogP contribution in [-0.4, -0.2) is 18.1 Å². The van der Waals surface area contributed by atoms with Crippen molar-refractivity contribution in [3.8, 4) is 0 Å². The molecular weight excluding hydrogens is 232 g/mol. The van der Waals surface area contributed by atoms with Gasteiger partial charge in [0.15, 0.2) is 0 Å². The Labute approximate surface area is 118 Å². The quantitative estimate of drug-likeness (QED) is 0.614. The van der Waals surface area contributed by atoms with Gasteiger partial charge in [-0.25, -0.2) is 0 Å². The van der Waals surface area contributed by atoms with Crippen LogP contribution in [0.3, 0.4) is 0 Å². The van der Waals surface area contributed by atoms with Gasteiger partial charge >= 0.3 is 0 Å². The number of aromatic nitrogens is 1. The van der Waals surface area contributed by atoms with Gasteiger partial charge in [0.2, 0.25) is 0 Å². The minimum atomic E-state index is 0.651. The van der Waals surface area contributed by atoms with Gasteiger partial charge in [-0.1, -0.05) is 38.7 Å². The van der Waals surface area contributed by atoms with E-state index in [1.807, 2.05) is 6.20 Å². The minimum absolute atomic E-state index is 0.651. The van der Waals surface area contributed by atoms with E-state index in [-0.39, 0.29) is 0 Å². The molecule has 1 heterocycles. The summed E-state index contributed by atoms with van der Waals surface area (Å²) in [6.45, 7) is 4.48. The molecule has 1 aliphatic carbocycles. The molecule has 1 unspecified atom stereocenters. The smallest absolute Gasteiger partial charge is 0.0303 e. The summed E-state index contributed by atoms with van der Waals surface area (Å²) in [4.78, 5) is 4.32. The summed E-state index contributed by atoms with van der Waals surface area (Å²) in [5.74, 6) is 1.49. The molecule has 1 N–H and O–H groups in total. The van der Waals surface area contributed by atoms with Gasteiger partial charge in [0.05, 0.1) is 0 Å². The second-order valence-corrected chi connectivity index (χ2v) is 5.85. The molecule has 1 aromatic rings. The molecule has 19 heavy (non-hydrogen) atoms. The first kappa shape index (κ1) is 14.5. The summed E-state index contributed by atoms with van der Waals surface area (Å²) >= 11 is 0. The van der Waals surface area contributed by atoms with Crippen LogP contribution in [0.25, 0.3) is 0 Å². The number of nitrogens with zero attached hydrogens (tertiary/aromatic N) is 1. The van der Waals surface area contributed by atoms with E-state index in [2.05, 4.69) is 35.6 Å². The largest absolute Gasteiger partial charge is 0.316 e. The molecule has 2 heteroatoms. The van der Waals surface area contributed by atoms with E-state index in [4.69, 9.17) is 0 Å². The molecule has 2 rings (SSSR count). The van der Waals surface area contributed by atoms with E-state index < -0.39 is 0 Å². The number of hydrogen-bond acceptors (Lipinski definition) is 2. The molecule has 1 fully saturated rings. The molecule has 0 spiro atoms. The zero-order chi connectivity index (χ0) is 13.3. The van der Waals surface area contributed by atoms with Crippen LogP contribution in [0.15, 0.2) is 24.5 Å². The Morgan fingerprint density at radius 2 is 2.05 bits per heavy atom. The maximum absolute atomic E-state index is 4.32. The lowest BCUT2D eigenvalue weighted by molar-refractivity contribution is 0.360. The van der Waals surface area contributed by atoms with Crippen molar-refractivity contribution in [3.05, 3.63) is 30.1 Å². The minimum Gasteiger partial charge on any atom is -0.316 e. The summed E-state index contributed by atoms with van der Waals surface area (Å²) < 4.78 is 0. The lowest BCUT2D eigenvalue weighted by atomic mass is 9.82. The van der Waals surface area contributed by atoms with Crippen LogP contribution >= 0.6 is 0 Å². The summed E-state index contributed by atoms with van der Waals surface area (Å²) in [5, 5.41) is 3.62. The zero-order valence-electron chi connectivity index (χ0n) is 12.3. The highest BCUT2D eigenvalue weighted by molar-refractivity contribution is 5.16. The molecule has 0 aliphatic heterocycles. The van der Waals surface area contributed by atoms with Crippen molar-refractivity contribution < 1.29 is 0 Å². The maximum Gasteiger partial charge on any atom is 0.0303 e. The highest BCUT2D eigenvalue weighted by atomic mass is 14.9. The van der Waals surface area contributed by atoms with Gasteiger partial charge in [-0.2, -0.15) is 0 Å². The van der Waals surface area contributed by atoms with Gasteiger partial charge in [0.1, 0.15) is 0 Å². The van der Waals surface area contributed by atoms with Crippen molar-refractivity contribution in [2.75, 3.05) is 13.1 Å². The molecule has 1 aromatic heterocycles. The first-order chi connectivity index (χ1) is 9.42. The number of nitrogens with one attached hydrogen (secondary N) is 1. The van der Waals surface area contributed by atoms with Gasteiger partial charge < -0.3 is 5.32 Å². The third-order valence-corrected chi connectivity index (χ3v) is 4.37. The standard InChI is InChI=1S/C17H28N2/c1-2-11-18-14-17(16-10-7-12-19-13-16)15-8-5-3-4-6-9-15/h7,10,12-13,15,17-18H,2-6,8-9,11,14H2,1H3. The van der Waals surface area contributed by atoms with E-state index in [1.165, 1.54) is 50.5 Å². The molecule has 0 saturated heterocycles. The van der Waals surface area contributed by atoms with E-state index in [0.29, 0.717) is 5.92 Å². The Morgan fingerprint density at radius 3 is 2.68 bits per heavy atom. The average molecular weight is 260 g/mol. The fraction of sp³-hybridized carbons (Fsp3) is 0.706. The Morgan fingerprint density at radius 1 is 1.26 bits per heavy atom. The molecule has 106 valence electrons. The van der Waals surface area contributed by atoms with Crippen LogP contribution in [0.1, 0.15) is 63.4 Å². The van der Waals surface area contributed by atoms with E-state index >= 15 is 0 Å². The Bertz CT molecular complexity index is 328. The fourth-order valence-electron chi connectivity index (χ4n) is 3.30. The fourth-order valence-corrected chi connectivity index (χ4v) is 3.30. The van der Waals surface area contributed by atoms with Crippen LogP contribution < -0.4 is 5.32 Å². The molecule has 1 saturated carbocycles. The Hall–Kier alpha value is -0.890.